The van der Waals surface area contributed by atoms with Crippen molar-refractivity contribution in [1.82, 2.24) is 19.3 Å². The summed E-state index contributed by atoms with van der Waals surface area (Å²) in [4.78, 5) is 9.67. The van der Waals surface area contributed by atoms with Crippen LogP contribution in [0.4, 0.5) is 5.82 Å². The number of nitrogens with two attached hydrogens (primary N) is 1. The Balaban J connectivity index is 1.51. The number of aromatic nitrogens is 3. The van der Waals surface area contributed by atoms with E-state index in [2.05, 4.69) is 49.9 Å². The van der Waals surface area contributed by atoms with Crippen LogP contribution in [0.2, 0.25) is 0 Å². The number of imidazole rings is 1. The van der Waals surface area contributed by atoms with E-state index in [1.165, 1.54) is 0 Å². The van der Waals surface area contributed by atoms with Crippen LogP contribution in [0.25, 0.3) is 21.9 Å². The smallest absolute Gasteiger partial charge is 0.240 e. The first-order valence-corrected chi connectivity index (χ1v) is 13.8. The van der Waals surface area contributed by atoms with Crippen LogP contribution in [-0.4, -0.2) is 29.5 Å². The first kappa shape index (κ1) is 23.9. The maximum absolute atomic E-state index is 12.5. The molecule has 0 unspecified atom stereocenters. The van der Waals surface area contributed by atoms with Gasteiger partial charge in [0.25, 0.3) is 0 Å². The van der Waals surface area contributed by atoms with Gasteiger partial charge in [0.1, 0.15) is 11.3 Å². The molecule has 0 aliphatic heterocycles. The molecule has 0 radical (unpaired) electrons. The molecule has 4 aromatic rings. The summed E-state index contributed by atoms with van der Waals surface area (Å²) in [5, 5.41) is 1.04. The summed E-state index contributed by atoms with van der Waals surface area (Å²) in [5.74, 6) is 1.46. The van der Waals surface area contributed by atoms with Gasteiger partial charge in [-0.05, 0) is 72.2 Å². The van der Waals surface area contributed by atoms with Crippen LogP contribution in [-0.2, 0) is 23.0 Å². The summed E-state index contributed by atoms with van der Waals surface area (Å²) in [5.41, 5.74) is 8.88. The fraction of sp³-hybridized carbons (Fsp3) is 0.333. The maximum Gasteiger partial charge on any atom is 0.240 e. The average Bonchev–Trinajstić information content (AvgIpc) is 3.17. The highest BCUT2D eigenvalue weighted by molar-refractivity contribution is 14.1. The first-order valence-electron chi connectivity index (χ1n) is 11.2. The normalized spacial score (nSPS) is 12.1. The van der Waals surface area contributed by atoms with Crippen LogP contribution in [0.3, 0.4) is 0 Å². The van der Waals surface area contributed by atoms with Crippen molar-refractivity contribution >= 4 is 60.4 Å². The lowest BCUT2D eigenvalue weighted by Crippen LogP contribution is -2.25. The molecule has 0 amide bonds. The molecule has 0 bridgehead atoms. The van der Waals surface area contributed by atoms with Gasteiger partial charge in [-0.15, -0.1) is 0 Å². The van der Waals surface area contributed by atoms with E-state index in [-0.39, 0.29) is 0 Å². The summed E-state index contributed by atoms with van der Waals surface area (Å²) >= 11 is 2.16. The number of unbranched alkanes of at least 4 members (excludes halogenated alkanes) is 2. The molecule has 0 saturated carbocycles. The Morgan fingerprint density at radius 2 is 1.79 bits per heavy atom. The van der Waals surface area contributed by atoms with Crippen LogP contribution < -0.4 is 10.5 Å². The van der Waals surface area contributed by atoms with Crippen LogP contribution in [0, 0.1) is 3.57 Å². The van der Waals surface area contributed by atoms with Crippen molar-refractivity contribution in [3.05, 3.63) is 57.9 Å². The number of fused-ring (bicyclic) bond motifs is 3. The molecule has 0 spiro atoms. The van der Waals surface area contributed by atoms with Gasteiger partial charge in [0, 0.05) is 28.5 Å². The van der Waals surface area contributed by atoms with E-state index in [1.54, 1.807) is 24.3 Å². The van der Waals surface area contributed by atoms with Crippen LogP contribution in [0.1, 0.15) is 38.4 Å². The van der Waals surface area contributed by atoms with Gasteiger partial charge in [0.15, 0.2) is 5.82 Å². The van der Waals surface area contributed by atoms with Gasteiger partial charge in [-0.1, -0.05) is 31.5 Å². The van der Waals surface area contributed by atoms with Crippen LogP contribution >= 0.6 is 22.6 Å². The summed E-state index contributed by atoms with van der Waals surface area (Å²) in [6.07, 6.45) is 4.53. The number of hydrogen-bond acceptors (Lipinski definition) is 5. The molecular weight excluding hydrogens is 549 g/mol. The van der Waals surface area contributed by atoms with Crippen molar-refractivity contribution in [2.24, 2.45) is 0 Å². The SMILES string of the molecule is CCCCc1nc2c(N)nc3ccccc3c2n1CCCCNS(=O)(=O)c1ccc(I)cc1. The highest BCUT2D eigenvalue weighted by atomic mass is 127. The number of anilines is 1. The van der Waals surface area contributed by atoms with E-state index in [1.807, 2.05) is 18.2 Å². The predicted molar refractivity (Wildman–Crippen MR) is 142 cm³/mol. The molecule has 7 nitrogen and oxygen atoms in total. The first-order chi connectivity index (χ1) is 15.9. The Morgan fingerprint density at radius 1 is 1.03 bits per heavy atom. The summed E-state index contributed by atoms with van der Waals surface area (Å²) in [7, 11) is -3.50. The Kier molecular flexibility index (Phi) is 7.50. The molecule has 174 valence electrons. The minimum absolute atomic E-state index is 0.291. The highest BCUT2D eigenvalue weighted by Crippen LogP contribution is 2.29. The standard InChI is InChI=1S/C24H28IN5O2S/c1-2-3-10-21-29-22-23(19-8-4-5-9-20(19)28-24(22)26)30(21)16-7-6-15-27-33(31,32)18-13-11-17(25)12-14-18/h4-5,8-9,11-14,27H,2-3,6-7,10,15-16H2,1H3,(H2,26,28). The number of hydrogen-bond donors (Lipinski definition) is 2. The molecule has 0 aliphatic carbocycles. The number of rotatable bonds is 10. The predicted octanol–water partition coefficient (Wildman–Crippen LogP) is 4.87. The molecule has 0 aliphatic rings. The Bertz CT molecular complexity index is 1370. The lowest BCUT2D eigenvalue weighted by molar-refractivity contribution is 0.561. The number of halogens is 1. The molecule has 0 fully saturated rings. The Morgan fingerprint density at radius 3 is 2.55 bits per heavy atom. The van der Waals surface area contributed by atoms with Crippen LogP contribution in [0.15, 0.2) is 53.4 Å². The van der Waals surface area contributed by atoms with Crippen molar-refractivity contribution in [1.29, 1.82) is 0 Å². The van der Waals surface area contributed by atoms with Crippen molar-refractivity contribution in [3.63, 3.8) is 0 Å². The van der Waals surface area contributed by atoms with Crippen LogP contribution in [0.5, 0.6) is 0 Å². The average molecular weight is 577 g/mol. The molecule has 3 N–H and O–H groups in total. The van der Waals surface area contributed by atoms with Gasteiger partial charge < -0.3 is 10.3 Å². The zero-order valence-corrected chi connectivity index (χ0v) is 21.6. The fourth-order valence-corrected chi connectivity index (χ4v) is 5.40. The molecule has 2 heterocycles. The third kappa shape index (κ3) is 5.30. The number of nitrogens with zero attached hydrogens (tertiary/aromatic N) is 3. The molecule has 0 atom stereocenters. The second-order valence-electron chi connectivity index (χ2n) is 8.05. The monoisotopic (exact) mass is 577 g/mol. The summed E-state index contributed by atoms with van der Waals surface area (Å²) in [6, 6.07) is 14.8. The second-order valence-corrected chi connectivity index (χ2v) is 11.1. The zero-order chi connectivity index (χ0) is 23.4. The molecule has 33 heavy (non-hydrogen) atoms. The van der Waals surface area contributed by atoms with Crippen molar-refractivity contribution in [2.45, 2.75) is 50.5 Å². The lowest BCUT2D eigenvalue weighted by Gasteiger charge is -2.11. The second kappa shape index (κ2) is 10.4. The lowest BCUT2D eigenvalue weighted by atomic mass is 10.2. The Hall–Kier alpha value is -2.24. The molecule has 9 heteroatoms. The number of nitrogens with one attached hydrogen (secondary N) is 1. The van der Waals surface area contributed by atoms with E-state index in [4.69, 9.17) is 10.7 Å². The largest absolute Gasteiger partial charge is 0.382 e. The quantitative estimate of drug-likeness (QED) is 0.207. The van der Waals surface area contributed by atoms with Gasteiger partial charge in [-0.2, -0.15) is 0 Å². The van der Waals surface area contributed by atoms with Crippen molar-refractivity contribution < 1.29 is 8.42 Å². The summed E-state index contributed by atoms with van der Waals surface area (Å²) in [6.45, 7) is 3.29. The molecular formula is C24H28IN5O2S. The third-order valence-electron chi connectivity index (χ3n) is 5.67. The van der Waals surface area contributed by atoms with Crippen molar-refractivity contribution in [3.8, 4) is 0 Å². The number of benzene rings is 2. The molecule has 0 saturated heterocycles. The minimum Gasteiger partial charge on any atom is -0.382 e. The topological polar surface area (TPSA) is 103 Å². The Labute approximate surface area is 208 Å². The number of sulfonamides is 1. The minimum atomic E-state index is -3.50. The molecule has 2 aromatic heterocycles. The van der Waals surface area contributed by atoms with E-state index < -0.39 is 10.0 Å². The van der Waals surface area contributed by atoms with Gasteiger partial charge >= 0.3 is 0 Å². The summed E-state index contributed by atoms with van der Waals surface area (Å²) < 4.78 is 31.0. The number of pyridine rings is 1. The van der Waals surface area contributed by atoms with Gasteiger partial charge in [-0.3, -0.25) is 0 Å². The highest BCUT2D eigenvalue weighted by Gasteiger charge is 2.17. The third-order valence-corrected chi connectivity index (χ3v) is 7.86. The van der Waals surface area contributed by atoms with Gasteiger partial charge in [0.05, 0.1) is 15.9 Å². The number of para-hydroxylation sites is 1. The van der Waals surface area contributed by atoms with Gasteiger partial charge in [-0.25, -0.2) is 23.1 Å². The molecule has 2 aromatic carbocycles. The van der Waals surface area contributed by atoms with E-state index in [0.29, 0.717) is 17.3 Å². The van der Waals surface area contributed by atoms with E-state index in [0.717, 1.165) is 70.0 Å². The molecule has 4 rings (SSSR count). The zero-order valence-electron chi connectivity index (χ0n) is 18.6. The maximum atomic E-state index is 12.5. The number of aryl methyl sites for hydroxylation is 2. The van der Waals surface area contributed by atoms with E-state index in [9.17, 15) is 8.42 Å². The number of nitrogen functional groups attached to an aromatic ring is 1. The van der Waals surface area contributed by atoms with Gasteiger partial charge in [0.2, 0.25) is 10.0 Å². The van der Waals surface area contributed by atoms with E-state index >= 15 is 0 Å². The fourth-order valence-electron chi connectivity index (χ4n) is 3.97. The van der Waals surface area contributed by atoms with Crippen molar-refractivity contribution in [2.75, 3.05) is 12.3 Å².